The highest BCUT2D eigenvalue weighted by molar-refractivity contribution is 5.77. The maximum absolute atomic E-state index is 12.0. The van der Waals surface area contributed by atoms with E-state index in [1.807, 2.05) is 25.1 Å². The Bertz CT molecular complexity index is 627. The predicted molar refractivity (Wildman–Crippen MR) is 81.2 cm³/mol. The molecule has 1 aromatic heterocycles. The van der Waals surface area contributed by atoms with Crippen LogP contribution in [0, 0.1) is 0 Å². The van der Waals surface area contributed by atoms with Crippen molar-refractivity contribution in [1.82, 2.24) is 14.9 Å². The normalized spacial score (nSPS) is 11.4. The number of aromatic amines is 1. The molecule has 2 rings (SSSR count). The standard InChI is InChI=1S/C15H21N3O3/c1-2-18(7-9-21-10-8-19)11-14-16-13-6-4-3-5-12(13)15(20)17-14/h3-6,19H,2,7-11H2,1H3,(H,16,17,20). The second-order valence-electron chi connectivity index (χ2n) is 4.73. The van der Waals surface area contributed by atoms with Crippen LogP contribution in [0.15, 0.2) is 29.1 Å². The molecular weight excluding hydrogens is 270 g/mol. The lowest BCUT2D eigenvalue weighted by molar-refractivity contribution is 0.0727. The fraction of sp³-hybridized carbons (Fsp3) is 0.467. The third-order valence-corrected chi connectivity index (χ3v) is 3.27. The van der Waals surface area contributed by atoms with Crippen LogP contribution in [0.25, 0.3) is 10.9 Å². The summed E-state index contributed by atoms with van der Waals surface area (Å²) in [5, 5.41) is 9.27. The summed E-state index contributed by atoms with van der Waals surface area (Å²) in [6, 6.07) is 7.31. The molecule has 0 radical (unpaired) electrons. The van der Waals surface area contributed by atoms with E-state index < -0.39 is 0 Å². The molecule has 0 unspecified atom stereocenters. The predicted octanol–water partition coefficient (Wildman–Crippen LogP) is 0.754. The third kappa shape index (κ3) is 4.35. The zero-order chi connectivity index (χ0) is 15.1. The number of likely N-dealkylation sites (N-methyl/N-ethyl adjacent to an activating group) is 1. The quantitative estimate of drug-likeness (QED) is 0.702. The van der Waals surface area contributed by atoms with Crippen LogP contribution in [0.4, 0.5) is 0 Å². The van der Waals surface area contributed by atoms with E-state index in [0.29, 0.717) is 36.5 Å². The summed E-state index contributed by atoms with van der Waals surface area (Å²) in [6.07, 6.45) is 0. The van der Waals surface area contributed by atoms with Crippen molar-refractivity contribution in [2.24, 2.45) is 0 Å². The Hall–Kier alpha value is -1.76. The van der Waals surface area contributed by atoms with E-state index in [9.17, 15) is 4.79 Å². The SMILES string of the molecule is CCN(CCOCCO)Cc1nc2ccccc2c(=O)[nH]1. The van der Waals surface area contributed by atoms with Gasteiger partial charge in [0.2, 0.25) is 0 Å². The van der Waals surface area contributed by atoms with Crippen molar-refractivity contribution in [2.45, 2.75) is 13.5 Å². The number of aromatic nitrogens is 2. The smallest absolute Gasteiger partial charge is 0.258 e. The van der Waals surface area contributed by atoms with Gasteiger partial charge in [-0.3, -0.25) is 9.69 Å². The van der Waals surface area contributed by atoms with Gasteiger partial charge in [-0.1, -0.05) is 19.1 Å². The number of aliphatic hydroxyl groups excluding tert-OH is 1. The summed E-state index contributed by atoms with van der Waals surface area (Å²) in [7, 11) is 0. The minimum absolute atomic E-state index is 0.0334. The average Bonchev–Trinajstić information content (AvgIpc) is 2.50. The van der Waals surface area contributed by atoms with Crippen LogP contribution in [0.2, 0.25) is 0 Å². The molecule has 21 heavy (non-hydrogen) atoms. The molecule has 6 nitrogen and oxygen atoms in total. The molecule has 0 atom stereocenters. The molecule has 0 saturated carbocycles. The van der Waals surface area contributed by atoms with E-state index in [-0.39, 0.29) is 12.2 Å². The van der Waals surface area contributed by atoms with Crippen molar-refractivity contribution in [3.8, 4) is 0 Å². The topological polar surface area (TPSA) is 78.5 Å². The van der Waals surface area contributed by atoms with Crippen LogP contribution in [-0.2, 0) is 11.3 Å². The highest BCUT2D eigenvalue weighted by atomic mass is 16.5. The van der Waals surface area contributed by atoms with E-state index in [0.717, 1.165) is 13.1 Å². The average molecular weight is 291 g/mol. The van der Waals surface area contributed by atoms with Gasteiger partial charge in [-0.2, -0.15) is 0 Å². The number of benzene rings is 1. The van der Waals surface area contributed by atoms with Gasteiger partial charge >= 0.3 is 0 Å². The number of hydrogen-bond donors (Lipinski definition) is 2. The molecule has 0 saturated heterocycles. The molecule has 0 fully saturated rings. The van der Waals surface area contributed by atoms with Crippen molar-refractivity contribution in [1.29, 1.82) is 0 Å². The van der Waals surface area contributed by atoms with E-state index in [4.69, 9.17) is 9.84 Å². The summed E-state index contributed by atoms with van der Waals surface area (Å²) in [5.41, 5.74) is 0.604. The lowest BCUT2D eigenvalue weighted by atomic mass is 10.2. The van der Waals surface area contributed by atoms with Gasteiger partial charge < -0.3 is 14.8 Å². The maximum atomic E-state index is 12.0. The Balaban J connectivity index is 2.05. The van der Waals surface area contributed by atoms with E-state index in [1.54, 1.807) is 6.07 Å². The van der Waals surface area contributed by atoms with Crippen LogP contribution in [0.5, 0.6) is 0 Å². The summed E-state index contributed by atoms with van der Waals surface area (Å²) in [5.74, 6) is 0.655. The van der Waals surface area contributed by atoms with Crippen molar-refractivity contribution in [3.05, 3.63) is 40.4 Å². The van der Waals surface area contributed by atoms with Crippen LogP contribution in [-0.4, -0.2) is 52.9 Å². The van der Waals surface area contributed by atoms with Gasteiger partial charge in [-0.25, -0.2) is 4.98 Å². The van der Waals surface area contributed by atoms with E-state index in [2.05, 4.69) is 14.9 Å². The Labute approximate surface area is 123 Å². The van der Waals surface area contributed by atoms with Crippen molar-refractivity contribution >= 4 is 10.9 Å². The number of hydrogen-bond acceptors (Lipinski definition) is 5. The van der Waals surface area contributed by atoms with Crippen molar-refractivity contribution < 1.29 is 9.84 Å². The number of nitrogens with zero attached hydrogens (tertiary/aromatic N) is 2. The molecule has 2 N–H and O–H groups in total. The van der Waals surface area contributed by atoms with Gasteiger partial charge in [0.15, 0.2) is 0 Å². The summed E-state index contributed by atoms with van der Waals surface area (Å²) >= 11 is 0. The second kappa shape index (κ2) is 7.87. The maximum Gasteiger partial charge on any atom is 0.258 e. The molecule has 0 aliphatic rings. The van der Waals surface area contributed by atoms with Gasteiger partial charge in [-0.05, 0) is 18.7 Å². The third-order valence-electron chi connectivity index (χ3n) is 3.27. The zero-order valence-corrected chi connectivity index (χ0v) is 12.2. The van der Waals surface area contributed by atoms with Crippen LogP contribution in [0.3, 0.4) is 0 Å². The number of nitrogens with one attached hydrogen (secondary N) is 1. The minimum atomic E-state index is -0.108. The molecule has 0 amide bonds. The largest absolute Gasteiger partial charge is 0.394 e. The van der Waals surface area contributed by atoms with Gasteiger partial charge in [0.1, 0.15) is 5.82 Å². The van der Waals surface area contributed by atoms with E-state index in [1.165, 1.54) is 0 Å². The Morgan fingerprint density at radius 1 is 1.33 bits per heavy atom. The Kier molecular flexibility index (Phi) is 5.86. The first-order valence-corrected chi connectivity index (χ1v) is 7.13. The fourth-order valence-electron chi connectivity index (χ4n) is 2.13. The minimum Gasteiger partial charge on any atom is -0.394 e. The first-order valence-electron chi connectivity index (χ1n) is 7.13. The van der Waals surface area contributed by atoms with Crippen molar-refractivity contribution in [3.63, 3.8) is 0 Å². The number of fused-ring (bicyclic) bond motifs is 1. The number of ether oxygens (including phenoxy) is 1. The monoisotopic (exact) mass is 291 g/mol. The van der Waals surface area contributed by atoms with Crippen molar-refractivity contribution in [2.75, 3.05) is 32.9 Å². The van der Waals surface area contributed by atoms with Gasteiger partial charge in [0, 0.05) is 6.54 Å². The lowest BCUT2D eigenvalue weighted by Crippen LogP contribution is -2.29. The number of para-hydroxylation sites is 1. The van der Waals surface area contributed by atoms with Gasteiger partial charge in [-0.15, -0.1) is 0 Å². The first-order chi connectivity index (χ1) is 10.2. The molecule has 0 aliphatic carbocycles. The Morgan fingerprint density at radius 3 is 2.90 bits per heavy atom. The molecule has 6 heteroatoms. The molecule has 1 aromatic carbocycles. The lowest BCUT2D eigenvalue weighted by Gasteiger charge is -2.19. The zero-order valence-electron chi connectivity index (χ0n) is 12.2. The molecule has 0 aliphatic heterocycles. The number of rotatable bonds is 8. The van der Waals surface area contributed by atoms with Gasteiger partial charge in [0.25, 0.3) is 5.56 Å². The fourth-order valence-corrected chi connectivity index (χ4v) is 2.13. The molecule has 1 heterocycles. The summed E-state index contributed by atoms with van der Waals surface area (Å²) in [6.45, 7) is 5.11. The molecule has 0 bridgehead atoms. The second-order valence-corrected chi connectivity index (χ2v) is 4.73. The first kappa shape index (κ1) is 15.6. The summed E-state index contributed by atoms with van der Waals surface area (Å²) in [4.78, 5) is 21.4. The van der Waals surface area contributed by atoms with Crippen LogP contribution in [0.1, 0.15) is 12.7 Å². The molecular formula is C15H21N3O3. The molecule has 114 valence electrons. The highest BCUT2D eigenvalue weighted by Crippen LogP contribution is 2.07. The van der Waals surface area contributed by atoms with E-state index >= 15 is 0 Å². The molecule has 2 aromatic rings. The number of aliphatic hydroxyl groups is 1. The Morgan fingerprint density at radius 2 is 2.14 bits per heavy atom. The van der Waals surface area contributed by atoms with Crippen LogP contribution >= 0.6 is 0 Å². The molecule has 0 spiro atoms. The summed E-state index contributed by atoms with van der Waals surface area (Å²) < 4.78 is 5.26. The van der Waals surface area contributed by atoms with Crippen LogP contribution < -0.4 is 5.56 Å². The number of H-pyrrole nitrogens is 1. The highest BCUT2D eigenvalue weighted by Gasteiger charge is 2.08. The van der Waals surface area contributed by atoms with Gasteiger partial charge in [0.05, 0.1) is 37.3 Å².